The summed E-state index contributed by atoms with van der Waals surface area (Å²) in [6.07, 6.45) is 0.697. The third-order valence-corrected chi connectivity index (χ3v) is 6.07. The molecule has 3 rings (SSSR count). The van der Waals surface area contributed by atoms with E-state index in [4.69, 9.17) is 4.98 Å². The Labute approximate surface area is 154 Å². The van der Waals surface area contributed by atoms with E-state index in [1.165, 1.54) is 12.8 Å². The van der Waals surface area contributed by atoms with E-state index in [1.54, 1.807) is 35.6 Å². The van der Waals surface area contributed by atoms with Crippen LogP contribution in [0.25, 0.3) is 10.4 Å². The van der Waals surface area contributed by atoms with Crippen molar-refractivity contribution in [2.75, 3.05) is 11.9 Å². The zero-order chi connectivity index (χ0) is 18.9. The lowest BCUT2D eigenvalue weighted by atomic mass is 10.00. The van der Waals surface area contributed by atoms with E-state index in [0.717, 1.165) is 47.5 Å². The summed E-state index contributed by atoms with van der Waals surface area (Å²) >= 11 is 1.65. The van der Waals surface area contributed by atoms with Crippen molar-refractivity contribution in [3.63, 3.8) is 0 Å². The molecule has 1 aromatic heterocycles. The van der Waals surface area contributed by atoms with Crippen molar-refractivity contribution >= 4 is 22.9 Å². The second kappa shape index (κ2) is 7.39. The van der Waals surface area contributed by atoms with Crippen LogP contribution in [0, 0.1) is 0 Å². The molecule has 2 aromatic rings. The van der Waals surface area contributed by atoms with Crippen molar-refractivity contribution in [2.45, 2.75) is 51.1 Å². The first kappa shape index (κ1) is 18.9. The molecule has 0 aliphatic heterocycles. The molecule has 1 amide bonds. The molecule has 0 atom stereocenters. The SMILES string of the molecule is CCc1nc(C2CCCC2)c(-c2ccc(N(C)C(=O)C(F)(F)F)cc2)s1. The first-order valence-electron chi connectivity index (χ1n) is 8.76. The molecule has 7 heteroatoms. The minimum Gasteiger partial charge on any atom is -0.308 e. The van der Waals surface area contributed by atoms with Crippen LogP contribution < -0.4 is 4.90 Å². The number of thiazole rings is 1. The molecule has 0 bridgehead atoms. The lowest BCUT2D eigenvalue weighted by Crippen LogP contribution is -2.38. The molecule has 1 heterocycles. The summed E-state index contributed by atoms with van der Waals surface area (Å²) in [5.74, 6) is -1.40. The maximum Gasteiger partial charge on any atom is 0.471 e. The number of hydrogen-bond acceptors (Lipinski definition) is 3. The zero-order valence-corrected chi connectivity index (χ0v) is 15.6. The van der Waals surface area contributed by atoms with Gasteiger partial charge < -0.3 is 4.90 Å². The molecule has 0 radical (unpaired) electrons. The molecule has 140 valence electrons. The molecule has 1 aliphatic rings. The highest BCUT2D eigenvalue weighted by atomic mass is 32.1. The normalized spacial score (nSPS) is 15.4. The van der Waals surface area contributed by atoms with Gasteiger partial charge in [0, 0.05) is 18.7 Å². The molecule has 0 N–H and O–H groups in total. The van der Waals surface area contributed by atoms with Crippen LogP contribution in [-0.4, -0.2) is 24.1 Å². The molecule has 0 unspecified atom stereocenters. The smallest absolute Gasteiger partial charge is 0.308 e. The van der Waals surface area contributed by atoms with Crippen molar-refractivity contribution in [1.29, 1.82) is 0 Å². The number of benzene rings is 1. The molecule has 26 heavy (non-hydrogen) atoms. The number of halogens is 3. The Morgan fingerprint density at radius 2 is 1.85 bits per heavy atom. The summed E-state index contributed by atoms with van der Waals surface area (Å²) < 4.78 is 37.8. The van der Waals surface area contributed by atoms with E-state index in [-0.39, 0.29) is 5.69 Å². The van der Waals surface area contributed by atoms with Gasteiger partial charge in [0.05, 0.1) is 15.6 Å². The van der Waals surface area contributed by atoms with Crippen LogP contribution in [0.2, 0.25) is 0 Å². The topological polar surface area (TPSA) is 33.2 Å². The molecule has 0 saturated heterocycles. The minimum atomic E-state index is -4.88. The summed E-state index contributed by atoms with van der Waals surface area (Å²) in [7, 11) is 1.14. The van der Waals surface area contributed by atoms with Gasteiger partial charge in [0.1, 0.15) is 0 Å². The number of hydrogen-bond donors (Lipinski definition) is 0. The molecule has 1 fully saturated rings. The van der Waals surface area contributed by atoms with E-state index in [9.17, 15) is 18.0 Å². The fourth-order valence-electron chi connectivity index (χ4n) is 3.36. The molecular weight excluding hydrogens is 361 g/mol. The Kier molecular flexibility index (Phi) is 5.37. The zero-order valence-electron chi connectivity index (χ0n) is 14.8. The van der Waals surface area contributed by atoms with E-state index >= 15 is 0 Å². The maximum atomic E-state index is 12.6. The van der Waals surface area contributed by atoms with Crippen molar-refractivity contribution in [3.05, 3.63) is 35.0 Å². The van der Waals surface area contributed by atoms with Crippen LogP contribution in [0.15, 0.2) is 24.3 Å². The number of anilines is 1. The summed E-state index contributed by atoms with van der Waals surface area (Å²) in [4.78, 5) is 17.9. The van der Waals surface area contributed by atoms with E-state index in [1.807, 2.05) is 0 Å². The number of amides is 1. The van der Waals surface area contributed by atoms with Crippen LogP contribution in [0.3, 0.4) is 0 Å². The van der Waals surface area contributed by atoms with Crippen LogP contribution in [0.1, 0.15) is 49.2 Å². The second-order valence-corrected chi connectivity index (χ2v) is 7.65. The molecule has 3 nitrogen and oxygen atoms in total. The average molecular weight is 382 g/mol. The summed E-state index contributed by atoms with van der Waals surface area (Å²) in [5.41, 5.74) is 2.29. The highest BCUT2D eigenvalue weighted by Gasteiger charge is 2.41. The number of rotatable bonds is 4. The first-order valence-corrected chi connectivity index (χ1v) is 9.57. The largest absolute Gasteiger partial charge is 0.471 e. The number of carbonyl (C=O) groups is 1. The molecular formula is C19H21F3N2OS. The van der Waals surface area contributed by atoms with Crippen LogP contribution in [0.5, 0.6) is 0 Å². The molecule has 1 saturated carbocycles. The van der Waals surface area contributed by atoms with Gasteiger partial charge >= 0.3 is 12.1 Å². The van der Waals surface area contributed by atoms with Crippen LogP contribution in [-0.2, 0) is 11.2 Å². The van der Waals surface area contributed by atoms with Crippen molar-refractivity contribution < 1.29 is 18.0 Å². The number of nitrogens with zero attached hydrogens (tertiary/aromatic N) is 2. The predicted molar refractivity (Wildman–Crippen MR) is 97.6 cm³/mol. The van der Waals surface area contributed by atoms with Gasteiger partial charge in [0.2, 0.25) is 0 Å². The summed E-state index contributed by atoms with van der Waals surface area (Å²) in [6.45, 7) is 2.07. The van der Waals surface area contributed by atoms with Gasteiger partial charge in [-0.15, -0.1) is 11.3 Å². The average Bonchev–Trinajstić information content (AvgIpc) is 3.28. The third-order valence-electron chi connectivity index (χ3n) is 4.81. The maximum absolute atomic E-state index is 12.6. The predicted octanol–water partition coefficient (Wildman–Crippen LogP) is 5.56. The Morgan fingerprint density at radius 3 is 2.38 bits per heavy atom. The quantitative estimate of drug-likeness (QED) is 0.694. The minimum absolute atomic E-state index is 0.221. The number of aryl methyl sites for hydroxylation is 1. The molecule has 1 aliphatic carbocycles. The number of alkyl halides is 3. The van der Waals surface area contributed by atoms with Gasteiger partial charge in [0.25, 0.3) is 0 Å². The van der Waals surface area contributed by atoms with E-state index < -0.39 is 12.1 Å². The van der Waals surface area contributed by atoms with E-state index in [0.29, 0.717) is 10.8 Å². The fourth-order valence-corrected chi connectivity index (χ4v) is 4.45. The first-order chi connectivity index (χ1) is 12.3. The van der Waals surface area contributed by atoms with Crippen LogP contribution in [0.4, 0.5) is 18.9 Å². The number of aromatic nitrogens is 1. The summed E-state index contributed by atoms with van der Waals surface area (Å²) in [6, 6.07) is 6.67. The van der Waals surface area contributed by atoms with Crippen molar-refractivity contribution in [2.24, 2.45) is 0 Å². The highest BCUT2D eigenvalue weighted by Crippen LogP contribution is 2.42. The number of carbonyl (C=O) groups excluding carboxylic acids is 1. The van der Waals surface area contributed by atoms with Gasteiger partial charge in [-0.2, -0.15) is 13.2 Å². The Hall–Kier alpha value is -1.89. The van der Waals surface area contributed by atoms with Gasteiger partial charge in [-0.25, -0.2) is 4.98 Å². The lowest BCUT2D eigenvalue weighted by Gasteiger charge is -2.19. The summed E-state index contributed by atoms with van der Waals surface area (Å²) in [5, 5.41) is 1.08. The van der Waals surface area contributed by atoms with Gasteiger partial charge in [-0.3, -0.25) is 4.79 Å². The monoisotopic (exact) mass is 382 g/mol. The van der Waals surface area contributed by atoms with Gasteiger partial charge in [-0.05, 0) is 37.0 Å². The highest BCUT2D eigenvalue weighted by molar-refractivity contribution is 7.15. The van der Waals surface area contributed by atoms with E-state index in [2.05, 4.69) is 6.92 Å². The van der Waals surface area contributed by atoms with Gasteiger partial charge in [0.15, 0.2) is 0 Å². The standard InChI is InChI=1S/C19H21F3N2OS/c1-3-15-23-16(12-6-4-5-7-12)17(26-15)13-8-10-14(11-9-13)24(2)18(25)19(20,21)22/h8-12H,3-7H2,1-2H3. The molecule has 0 spiro atoms. The van der Waals surface area contributed by atoms with Crippen molar-refractivity contribution in [1.82, 2.24) is 4.98 Å². The lowest BCUT2D eigenvalue weighted by molar-refractivity contribution is -0.170. The second-order valence-electron chi connectivity index (χ2n) is 6.57. The Bertz CT molecular complexity index is 777. The van der Waals surface area contributed by atoms with Crippen molar-refractivity contribution in [3.8, 4) is 10.4 Å². The fraction of sp³-hybridized carbons (Fsp3) is 0.474. The van der Waals surface area contributed by atoms with Gasteiger partial charge in [-0.1, -0.05) is 31.9 Å². The third kappa shape index (κ3) is 3.77. The Balaban J connectivity index is 1.89. The molecule has 1 aromatic carbocycles. The van der Waals surface area contributed by atoms with Crippen LogP contribution >= 0.6 is 11.3 Å². The Morgan fingerprint density at radius 1 is 1.23 bits per heavy atom.